The smallest absolute Gasteiger partial charge is 0.429 e. The Morgan fingerprint density at radius 2 is 1.85 bits per heavy atom. The van der Waals surface area contributed by atoms with Crippen LogP contribution in [0.2, 0.25) is 0 Å². The van der Waals surface area contributed by atoms with Crippen molar-refractivity contribution in [2.45, 2.75) is 75.2 Å². The largest absolute Gasteiger partial charge is 0.461 e. The Labute approximate surface area is 166 Å². The van der Waals surface area contributed by atoms with Crippen LogP contribution >= 0.6 is 22.6 Å². The summed E-state index contributed by atoms with van der Waals surface area (Å²) in [7, 11) is 0. The van der Waals surface area contributed by atoms with Gasteiger partial charge in [0.1, 0.15) is 6.10 Å². The number of halogens is 1. The normalized spacial score (nSPS) is 31.0. The number of hydrogen-bond acceptors (Lipinski definition) is 6. The summed E-state index contributed by atoms with van der Waals surface area (Å²) in [5, 5.41) is 1.26. The van der Waals surface area contributed by atoms with Crippen molar-refractivity contribution in [2.75, 3.05) is 0 Å². The molecule has 0 aromatic rings. The van der Waals surface area contributed by atoms with Crippen molar-refractivity contribution in [3.63, 3.8) is 0 Å². The fraction of sp³-hybridized carbons (Fsp3) is 0.824. The van der Waals surface area contributed by atoms with Gasteiger partial charge < -0.3 is 14.2 Å². The lowest BCUT2D eigenvalue weighted by molar-refractivity contribution is -0.141. The Morgan fingerprint density at radius 1 is 1.23 bits per heavy atom. The maximum absolute atomic E-state index is 12.7. The predicted molar refractivity (Wildman–Crippen MR) is 99.5 cm³/mol. The minimum Gasteiger partial charge on any atom is -0.461 e. The molecule has 1 saturated heterocycles. The first kappa shape index (κ1) is 19.5. The molecule has 1 aliphatic heterocycles. The highest BCUT2D eigenvalue weighted by Crippen LogP contribution is 2.67. The molecule has 1 heterocycles. The van der Waals surface area contributed by atoms with Gasteiger partial charge in [0, 0.05) is 11.3 Å². The molecule has 2 aliphatic carbocycles. The number of carbonyl (C=O) groups excluding carboxylic acids is 3. The summed E-state index contributed by atoms with van der Waals surface area (Å²) < 4.78 is 15.9. The van der Waals surface area contributed by atoms with Crippen LogP contribution in [0, 0.1) is 11.3 Å². The second-order valence-electron chi connectivity index (χ2n) is 7.76. The highest BCUT2D eigenvalue weighted by molar-refractivity contribution is 14.1. The molecular weight excluding hydrogens is 455 g/mol. The summed E-state index contributed by atoms with van der Waals surface area (Å²) in [5.41, 5.74) is 2.36. The number of alkyl halides is 1. The Kier molecular flexibility index (Phi) is 5.28. The second kappa shape index (κ2) is 7.05. The van der Waals surface area contributed by atoms with Gasteiger partial charge in [-0.2, -0.15) is 0 Å². The van der Waals surface area contributed by atoms with Crippen molar-refractivity contribution in [1.82, 2.24) is 10.4 Å². The zero-order chi connectivity index (χ0) is 19.2. The SMILES string of the molecule is CC(C)OC(=O)NN(C(=O)OC(C)C)[C@H]1[C@H](I)[C@H]2OC(=O)C[C@H]2C12CC2. The van der Waals surface area contributed by atoms with Crippen molar-refractivity contribution < 1.29 is 28.6 Å². The summed E-state index contributed by atoms with van der Waals surface area (Å²) in [5.74, 6) is -0.117. The summed E-state index contributed by atoms with van der Waals surface area (Å²) >= 11 is 2.22. The van der Waals surface area contributed by atoms with Gasteiger partial charge in [-0.25, -0.2) is 20.0 Å². The Bertz CT molecular complexity index is 606. The van der Waals surface area contributed by atoms with E-state index in [1.54, 1.807) is 27.7 Å². The lowest BCUT2D eigenvalue weighted by Gasteiger charge is -2.35. The molecule has 3 fully saturated rings. The first-order valence-electron chi connectivity index (χ1n) is 8.96. The van der Waals surface area contributed by atoms with Gasteiger partial charge in [-0.1, -0.05) is 22.6 Å². The van der Waals surface area contributed by atoms with Crippen molar-refractivity contribution in [3.05, 3.63) is 0 Å². The van der Waals surface area contributed by atoms with E-state index in [0.717, 1.165) is 12.8 Å². The van der Waals surface area contributed by atoms with E-state index in [0.29, 0.717) is 6.42 Å². The number of hydrogen-bond donors (Lipinski definition) is 1. The van der Waals surface area contributed by atoms with Crippen LogP contribution in [-0.4, -0.2) is 51.4 Å². The molecule has 3 rings (SSSR count). The van der Waals surface area contributed by atoms with Crippen LogP contribution in [0.5, 0.6) is 0 Å². The number of ether oxygens (including phenoxy) is 3. The van der Waals surface area contributed by atoms with Crippen LogP contribution in [0.1, 0.15) is 47.0 Å². The molecule has 26 heavy (non-hydrogen) atoms. The molecule has 2 saturated carbocycles. The third-order valence-corrected chi connectivity index (χ3v) is 6.58. The van der Waals surface area contributed by atoms with E-state index in [-0.39, 0.29) is 45.6 Å². The van der Waals surface area contributed by atoms with Crippen LogP contribution in [-0.2, 0) is 19.0 Å². The monoisotopic (exact) mass is 480 g/mol. The first-order valence-corrected chi connectivity index (χ1v) is 10.2. The fourth-order valence-corrected chi connectivity index (χ4v) is 5.83. The van der Waals surface area contributed by atoms with E-state index in [4.69, 9.17) is 14.2 Å². The number of nitrogens with one attached hydrogen (secondary N) is 1. The summed E-state index contributed by atoms with van der Waals surface area (Å²) in [6.07, 6.45) is -0.0547. The van der Waals surface area contributed by atoms with E-state index in [1.807, 2.05) is 0 Å². The lowest BCUT2D eigenvalue weighted by Crippen LogP contribution is -2.58. The van der Waals surface area contributed by atoms with Gasteiger partial charge in [-0.05, 0) is 40.5 Å². The molecule has 1 N–H and O–H groups in total. The Balaban J connectivity index is 1.85. The molecule has 146 valence electrons. The third kappa shape index (κ3) is 3.46. The molecular formula is C17H25IN2O6. The molecule has 0 radical (unpaired) electrons. The Morgan fingerprint density at radius 3 is 2.38 bits per heavy atom. The minimum atomic E-state index is -0.700. The topological polar surface area (TPSA) is 94.2 Å². The van der Waals surface area contributed by atoms with Crippen molar-refractivity contribution >= 4 is 40.7 Å². The summed E-state index contributed by atoms with van der Waals surface area (Å²) in [6.45, 7) is 6.97. The van der Waals surface area contributed by atoms with Crippen LogP contribution in [0.4, 0.5) is 9.59 Å². The number of nitrogens with zero attached hydrogens (tertiary/aromatic N) is 1. The van der Waals surface area contributed by atoms with Crippen molar-refractivity contribution in [2.24, 2.45) is 11.3 Å². The van der Waals surface area contributed by atoms with Crippen LogP contribution in [0.3, 0.4) is 0 Å². The van der Waals surface area contributed by atoms with Gasteiger partial charge in [-0.15, -0.1) is 0 Å². The van der Waals surface area contributed by atoms with Gasteiger partial charge in [0.05, 0.1) is 28.6 Å². The molecule has 3 aliphatic rings. The van der Waals surface area contributed by atoms with E-state index >= 15 is 0 Å². The zero-order valence-electron chi connectivity index (χ0n) is 15.4. The van der Waals surface area contributed by atoms with E-state index in [9.17, 15) is 14.4 Å². The fourth-order valence-electron chi connectivity index (χ4n) is 4.15. The van der Waals surface area contributed by atoms with Gasteiger partial charge in [0.2, 0.25) is 0 Å². The first-order chi connectivity index (χ1) is 12.2. The van der Waals surface area contributed by atoms with E-state index < -0.39 is 12.2 Å². The van der Waals surface area contributed by atoms with E-state index in [2.05, 4.69) is 28.0 Å². The lowest BCUT2D eigenvalue weighted by atomic mass is 9.88. The molecule has 0 aromatic carbocycles. The van der Waals surface area contributed by atoms with Gasteiger partial charge in [-0.3, -0.25) is 4.79 Å². The molecule has 4 atom stereocenters. The summed E-state index contributed by atoms with van der Waals surface area (Å²) in [4.78, 5) is 36.7. The van der Waals surface area contributed by atoms with Crippen LogP contribution in [0.25, 0.3) is 0 Å². The zero-order valence-corrected chi connectivity index (χ0v) is 17.5. The molecule has 9 heteroatoms. The minimum absolute atomic E-state index is 0.0687. The molecule has 0 unspecified atom stereocenters. The van der Waals surface area contributed by atoms with Crippen LogP contribution in [0.15, 0.2) is 0 Å². The van der Waals surface area contributed by atoms with Crippen molar-refractivity contribution in [3.8, 4) is 0 Å². The maximum Gasteiger partial charge on any atom is 0.429 e. The number of amides is 2. The van der Waals surface area contributed by atoms with E-state index in [1.165, 1.54) is 5.01 Å². The van der Waals surface area contributed by atoms with Gasteiger partial charge in [0.25, 0.3) is 0 Å². The number of esters is 1. The Hall–Kier alpha value is -1.26. The molecule has 0 bridgehead atoms. The highest BCUT2D eigenvalue weighted by atomic mass is 127. The standard InChI is InChI=1S/C17H25IN2O6/c1-8(2)24-15(22)19-20(16(23)25-9(3)4)14-12(18)13-10(7-11(21)26-13)17(14)5-6-17/h8-10,12-14H,5-7H2,1-4H3,(H,19,22)/t10-,12-,13+,14+/m1/s1. The third-order valence-electron chi connectivity index (χ3n) is 5.19. The summed E-state index contributed by atoms with van der Waals surface area (Å²) in [6, 6.07) is -0.308. The number of hydrazine groups is 1. The van der Waals surface area contributed by atoms with Crippen molar-refractivity contribution in [1.29, 1.82) is 0 Å². The average Bonchev–Trinajstić information content (AvgIpc) is 3.15. The number of carbonyl (C=O) groups is 3. The highest BCUT2D eigenvalue weighted by Gasteiger charge is 2.71. The molecule has 1 spiro atoms. The maximum atomic E-state index is 12.7. The molecule has 2 amide bonds. The number of fused-ring (bicyclic) bond motifs is 2. The average molecular weight is 480 g/mol. The predicted octanol–water partition coefficient (Wildman–Crippen LogP) is 2.78. The van der Waals surface area contributed by atoms with Crippen LogP contribution < -0.4 is 5.43 Å². The van der Waals surface area contributed by atoms with Gasteiger partial charge in [0.15, 0.2) is 0 Å². The number of rotatable bonds is 3. The van der Waals surface area contributed by atoms with Gasteiger partial charge >= 0.3 is 18.2 Å². The quantitative estimate of drug-likeness (QED) is 0.220. The molecule has 0 aromatic heterocycles. The second-order valence-corrected chi connectivity index (χ2v) is 9.19. The molecule has 8 nitrogen and oxygen atoms in total.